The molecule has 0 bridgehead atoms. The first-order chi connectivity index (χ1) is 14.3. The average molecular weight is 417 g/mol. The van der Waals surface area contributed by atoms with Crippen molar-refractivity contribution in [2.75, 3.05) is 6.61 Å². The largest absolute Gasteiger partial charge is 0.393 e. The van der Waals surface area contributed by atoms with Gasteiger partial charge in [-0.05, 0) is 97.7 Å². The summed E-state index contributed by atoms with van der Waals surface area (Å²) in [5, 5.41) is 10.8. The van der Waals surface area contributed by atoms with Gasteiger partial charge in [-0.3, -0.25) is 0 Å². The van der Waals surface area contributed by atoms with Crippen molar-refractivity contribution in [2.24, 2.45) is 52.3 Å². The number of aliphatic hydroxyl groups excluding tert-OH is 1. The fraction of sp³-hybridized carbons (Fsp3) is 1.00. The molecule has 4 saturated carbocycles. The Kier molecular flexibility index (Phi) is 4.58. The van der Waals surface area contributed by atoms with Gasteiger partial charge in [0.25, 0.3) is 0 Å². The Morgan fingerprint density at radius 1 is 0.833 bits per heavy atom. The lowest BCUT2D eigenvalue weighted by Gasteiger charge is -2.61. The van der Waals surface area contributed by atoms with E-state index in [4.69, 9.17) is 9.47 Å². The predicted octanol–water partition coefficient (Wildman–Crippen LogP) is 5.79. The van der Waals surface area contributed by atoms with E-state index in [-0.39, 0.29) is 11.9 Å². The summed E-state index contributed by atoms with van der Waals surface area (Å²) in [6.07, 6.45) is 12.9. The van der Waals surface area contributed by atoms with Crippen molar-refractivity contribution in [3.63, 3.8) is 0 Å². The van der Waals surface area contributed by atoms with Crippen LogP contribution in [0.25, 0.3) is 0 Å². The molecule has 2 aliphatic heterocycles. The Hall–Kier alpha value is -0.120. The smallest absolute Gasteiger partial charge is 0.171 e. The molecule has 1 N–H and O–H groups in total. The molecule has 0 amide bonds. The molecule has 3 nitrogen and oxygen atoms in total. The van der Waals surface area contributed by atoms with Gasteiger partial charge >= 0.3 is 0 Å². The molecule has 0 aromatic carbocycles. The summed E-state index contributed by atoms with van der Waals surface area (Å²) in [5.74, 6) is 4.60. The number of aliphatic hydroxyl groups is 1. The third kappa shape index (κ3) is 2.55. The molecule has 6 aliphatic rings. The van der Waals surface area contributed by atoms with Gasteiger partial charge < -0.3 is 14.6 Å². The van der Waals surface area contributed by atoms with E-state index in [0.29, 0.717) is 40.6 Å². The second kappa shape index (κ2) is 6.70. The van der Waals surface area contributed by atoms with Gasteiger partial charge in [-0.2, -0.15) is 0 Å². The van der Waals surface area contributed by atoms with Gasteiger partial charge in [0.1, 0.15) is 0 Å². The molecule has 30 heavy (non-hydrogen) atoms. The van der Waals surface area contributed by atoms with Gasteiger partial charge in [0.2, 0.25) is 0 Å². The lowest BCUT2D eigenvalue weighted by atomic mass is 9.44. The highest BCUT2D eigenvalue weighted by Crippen LogP contribution is 2.71. The van der Waals surface area contributed by atoms with Crippen LogP contribution in [0.3, 0.4) is 0 Å². The zero-order valence-electron chi connectivity index (χ0n) is 19.7. The first-order valence-corrected chi connectivity index (χ1v) is 13.3. The highest BCUT2D eigenvalue weighted by molar-refractivity contribution is 5.15. The van der Waals surface area contributed by atoms with E-state index in [1.807, 2.05) is 0 Å². The van der Waals surface area contributed by atoms with Crippen LogP contribution in [-0.2, 0) is 9.47 Å². The van der Waals surface area contributed by atoms with Gasteiger partial charge in [0.05, 0.1) is 18.8 Å². The monoisotopic (exact) mass is 416 g/mol. The molecular formula is C27H44O3. The zero-order valence-corrected chi connectivity index (χ0v) is 19.7. The minimum absolute atomic E-state index is 0.0463. The summed E-state index contributed by atoms with van der Waals surface area (Å²) in [6.45, 7) is 10.8. The first-order valence-electron chi connectivity index (χ1n) is 13.3. The lowest BCUT2D eigenvalue weighted by molar-refractivity contribution is -0.273. The van der Waals surface area contributed by atoms with Crippen LogP contribution in [0.2, 0.25) is 0 Å². The lowest BCUT2D eigenvalue weighted by Crippen LogP contribution is -2.56. The minimum Gasteiger partial charge on any atom is -0.393 e. The molecule has 1 spiro atoms. The second-order valence-corrected chi connectivity index (χ2v) is 13.0. The van der Waals surface area contributed by atoms with Gasteiger partial charge in [0, 0.05) is 12.3 Å². The van der Waals surface area contributed by atoms with Crippen LogP contribution in [0.4, 0.5) is 0 Å². The summed E-state index contributed by atoms with van der Waals surface area (Å²) >= 11 is 0. The molecule has 170 valence electrons. The summed E-state index contributed by atoms with van der Waals surface area (Å²) in [6, 6.07) is 0. The quantitative estimate of drug-likeness (QED) is 0.543. The molecule has 3 unspecified atom stereocenters. The van der Waals surface area contributed by atoms with E-state index in [2.05, 4.69) is 27.7 Å². The fourth-order valence-corrected chi connectivity index (χ4v) is 10.4. The summed E-state index contributed by atoms with van der Waals surface area (Å²) in [5.41, 5.74) is 0.785. The number of ether oxygens (including phenoxy) is 2. The SMILES string of the molecule is CC1CC[C@@]2(OC1)O[C@H]1C[C@H]3[C@@H]4CCC5C(O)CCC[C@]5(C)[C@H]4CC[C@]3(C)[C@H]1[C@@H]2C. The fourth-order valence-electron chi connectivity index (χ4n) is 10.4. The van der Waals surface area contributed by atoms with Crippen LogP contribution < -0.4 is 0 Å². The minimum atomic E-state index is -0.288. The highest BCUT2D eigenvalue weighted by atomic mass is 16.7. The van der Waals surface area contributed by atoms with Crippen LogP contribution >= 0.6 is 0 Å². The van der Waals surface area contributed by atoms with Gasteiger partial charge in [-0.25, -0.2) is 0 Å². The molecule has 6 rings (SSSR count). The first kappa shape index (κ1) is 20.5. The van der Waals surface area contributed by atoms with Gasteiger partial charge in [-0.15, -0.1) is 0 Å². The molecule has 2 saturated heterocycles. The third-order valence-corrected chi connectivity index (χ3v) is 11.9. The van der Waals surface area contributed by atoms with Crippen LogP contribution in [0, 0.1) is 52.3 Å². The Bertz CT molecular complexity index is 684. The van der Waals surface area contributed by atoms with E-state index in [0.717, 1.165) is 37.2 Å². The number of hydrogen-bond acceptors (Lipinski definition) is 3. The van der Waals surface area contributed by atoms with E-state index in [1.165, 1.54) is 51.4 Å². The normalized spacial score (nSPS) is 62.5. The second-order valence-electron chi connectivity index (χ2n) is 13.0. The molecular weight excluding hydrogens is 372 g/mol. The number of hydrogen-bond donors (Lipinski definition) is 1. The maximum atomic E-state index is 10.8. The predicted molar refractivity (Wildman–Crippen MR) is 118 cm³/mol. The van der Waals surface area contributed by atoms with Crippen molar-refractivity contribution in [3.8, 4) is 0 Å². The van der Waals surface area contributed by atoms with E-state index in [9.17, 15) is 5.11 Å². The van der Waals surface area contributed by atoms with Gasteiger partial charge in [-0.1, -0.05) is 34.1 Å². The molecule has 2 heterocycles. The van der Waals surface area contributed by atoms with Crippen molar-refractivity contribution in [1.82, 2.24) is 0 Å². The Morgan fingerprint density at radius 3 is 2.43 bits per heavy atom. The maximum absolute atomic E-state index is 10.8. The topological polar surface area (TPSA) is 38.7 Å². The van der Waals surface area contributed by atoms with Crippen LogP contribution in [0.15, 0.2) is 0 Å². The van der Waals surface area contributed by atoms with Crippen molar-refractivity contribution in [2.45, 2.75) is 110 Å². The van der Waals surface area contributed by atoms with Crippen LogP contribution in [-0.4, -0.2) is 29.7 Å². The molecule has 0 aromatic rings. The number of rotatable bonds is 0. The Morgan fingerprint density at radius 2 is 1.67 bits per heavy atom. The van der Waals surface area contributed by atoms with Crippen molar-refractivity contribution < 1.29 is 14.6 Å². The van der Waals surface area contributed by atoms with E-state index in [1.54, 1.807) is 0 Å². The summed E-state index contributed by atoms with van der Waals surface area (Å²) in [7, 11) is 0. The van der Waals surface area contributed by atoms with Gasteiger partial charge in [0.15, 0.2) is 5.79 Å². The molecule has 0 radical (unpaired) electrons. The number of fused-ring (bicyclic) bond motifs is 7. The van der Waals surface area contributed by atoms with Crippen molar-refractivity contribution in [3.05, 3.63) is 0 Å². The van der Waals surface area contributed by atoms with Crippen LogP contribution in [0.5, 0.6) is 0 Å². The molecule has 3 heteroatoms. The van der Waals surface area contributed by atoms with Crippen molar-refractivity contribution in [1.29, 1.82) is 0 Å². The Labute approximate surface area is 183 Å². The van der Waals surface area contributed by atoms with E-state index < -0.39 is 0 Å². The molecule has 6 fully saturated rings. The summed E-state index contributed by atoms with van der Waals surface area (Å²) in [4.78, 5) is 0. The van der Waals surface area contributed by atoms with Crippen LogP contribution in [0.1, 0.15) is 91.9 Å². The van der Waals surface area contributed by atoms with E-state index >= 15 is 0 Å². The molecule has 12 atom stereocenters. The zero-order chi connectivity index (χ0) is 20.9. The van der Waals surface area contributed by atoms with Crippen molar-refractivity contribution >= 4 is 0 Å². The molecule has 4 aliphatic carbocycles. The Balaban J connectivity index is 1.27. The standard InChI is InChI=1S/C27H44O3/c1-16-9-13-27(29-15-16)17(2)24-23(30-27)14-21-18-7-8-20-22(28)6-5-11-25(20,3)19(18)10-12-26(21,24)4/h16-24,28H,5-15H2,1-4H3/t16?,17-,18+,19-,20?,21-,22?,23-,24-,25+,26-,27+/m0/s1. The highest BCUT2D eigenvalue weighted by Gasteiger charge is 2.69. The molecule has 0 aromatic heterocycles. The maximum Gasteiger partial charge on any atom is 0.171 e. The average Bonchev–Trinajstić information content (AvgIpc) is 3.15. The summed E-state index contributed by atoms with van der Waals surface area (Å²) < 4.78 is 13.4. The third-order valence-electron chi connectivity index (χ3n) is 11.9.